The molecule has 7 nitrogen and oxygen atoms in total. The van der Waals surface area contributed by atoms with Crippen LogP contribution in [0.15, 0.2) is 30.0 Å². The number of nitrogens with zero attached hydrogens (tertiary/aromatic N) is 4. The predicted molar refractivity (Wildman–Crippen MR) is 113 cm³/mol. The number of carbonyl (C=O) groups is 1. The number of nitrogens with one attached hydrogen (secondary N) is 1. The van der Waals surface area contributed by atoms with Crippen LogP contribution in [0.5, 0.6) is 0 Å². The summed E-state index contributed by atoms with van der Waals surface area (Å²) in [4.78, 5) is 26.1. The lowest BCUT2D eigenvalue weighted by atomic mass is 10.2. The third-order valence-corrected chi connectivity index (χ3v) is 6.13. The van der Waals surface area contributed by atoms with Crippen LogP contribution in [0.3, 0.4) is 0 Å². The molecule has 3 aromatic rings. The minimum absolute atomic E-state index is 0.0563. The smallest absolute Gasteiger partial charge is 0.253 e. The van der Waals surface area contributed by atoms with Gasteiger partial charge in [0.1, 0.15) is 16.9 Å². The molecule has 2 atom stereocenters. The number of hydrogen-bond donors (Lipinski definition) is 1. The van der Waals surface area contributed by atoms with Gasteiger partial charge in [0.15, 0.2) is 0 Å². The maximum atomic E-state index is 12.9. The first-order valence-electron chi connectivity index (χ1n) is 9.95. The molecule has 0 saturated carbocycles. The van der Waals surface area contributed by atoms with Crippen molar-refractivity contribution in [1.29, 1.82) is 0 Å². The number of aromatic nitrogens is 4. The van der Waals surface area contributed by atoms with E-state index in [1.165, 1.54) is 11.3 Å². The molecule has 152 valence electrons. The average molecular weight is 412 g/mol. The van der Waals surface area contributed by atoms with Gasteiger partial charge in [0.25, 0.3) is 5.91 Å². The van der Waals surface area contributed by atoms with Crippen molar-refractivity contribution in [3.05, 3.63) is 41.3 Å². The highest BCUT2D eigenvalue weighted by atomic mass is 32.1. The summed E-state index contributed by atoms with van der Waals surface area (Å²) in [6.07, 6.45) is 7.76. The fourth-order valence-corrected chi connectivity index (χ4v) is 4.28. The molecule has 4 heterocycles. The van der Waals surface area contributed by atoms with E-state index in [1.54, 1.807) is 18.6 Å². The standard InChI is InChI=1S/C21H25N5O2S/c1-4-13(2)24-20(27)15-10-18(26(14(15)3)19-6-5-9-28-19)17-12-29-21(25-17)16-11-22-7-8-23-16/h7-8,10-13,19H,4-6,9H2,1-3H3,(H,24,27). The molecule has 29 heavy (non-hydrogen) atoms. The summed E-state index contributed by atoms with van der Waals surface area (Å²) in [6, 6.07) is 2.06. The van der Waals surface area contributed by atoms with Crippen LogP contribution in [0.2, 0.25) is 0 Å². The average Bonchev–Trinajstić information content (AvgIpc) is 3.48. The maximum Gasteiger partial charge on any atom is 0.253 e. The Morgan fingerprint density at radius 1 is 1.41 bits per heavy atom. The van der Waals surface area contributed by atoms with Gasteiger partial charge in [0.05, 0.1) is 23.1 Å². The van der Waals surface area contributed by atoms with Crippen LogP contribution in [-0.2, 0) is 4.74 Å². The lowest BCUT2D eigenvalue weighted by molar-refractivity contribution is 0.0565. The Bertz CT molecular complexity index is 992. The molecule has 0 aliphatic carbocycles. The fourth-order valence-electron chi connectivity index (χ4n) is 3.51. The highest BCUT2D eigenvalue weighted by Crippen LogP contribution is 2.36. The van der Waals surface area contributed by atoms with Crippen molar-refractivity contribution in [2.75, 3.05) is 6.61 Å². The lowest BCUT2D eigenvalue weighted by Crippen LogP contribution is -2.32. The molecule has 1 N–H and O–H groups in total. The van der Waals surface area contributed by atoms with Gasteiger partial charge in [-0.05, 0) is 39.2 Å². The van der Waals surface area contributed by atoms with E-state index in [0.29, 0.717) is 5.56 Å². The van der Waals surface area contributed by atoms with Crippen molar-refractivity contribution in [3.63, 3.8) is 0 Å². The summed E-state index contributed by atoms with van der Waals surface area (Å²) >= 11 is 1.52. The lowest BCUT2D eigenvalue weighted by Gasteiger charge is -2.18. The minimum atomic E-state index is -0.0724. The second kappa shape index (κ2) is 8.42. The Kier molecular flexibility index (Phi) is 5.73. The molecular weight excluding hydrogens is 386 g/mol. The third kappa shape index (κ3) is 3.95. The zero-order valence-corrected chi connectivity index (χ0v) is 17.7. The molecule has 0 bridgehead atoms. The van der Waals surface area contributed by atoms with Crippen LogP contribution in [0.4, 0.5) is 0 Å². The van der Waals surface area contributed by atoms with Crippen molar-refractivity contribution in [2.24, 2.45) is 0 Å². The largest absolute Gasteiger partial charge is 0.358 e. The Hall–Kier alpha value is -2.58. The number of hydrogen-bond acceptors (Lipinski definition) is 6. The molecule has 0 radical (unpaired) electrons. The number of rotatable bonds is 6. The zero-order valence-electron chi connectivity index (χ0n) is 16.9. The molecule has 0 spiro atoms. The summed E-state index contributed by atoms with van der Waals surface area (Å²) in [6.45, 7) is 6.79. The van der Waals surface area contributed by atoms with Crippen LogP contribution in [0.25, 0.3) is 22.1 Å². The van der Waals surface area contributed by atoms with Crippen molar-refractivity contribution in [3.8, 4) is 22.1 Å². The van der Waals surface area contributed by atoms with Crippen LogP contribution >= 0.6 is 11.3 Å². The molecule has 1 amide bonds. The summed E-state index contributed by atoms with van der Waals surface area (Å²) in [5.74, 6) is -0.0563. The van der Waals surface area contributed by atoms with Gasteiger partial charge in [-0.25, -0.2) is 4.98 Å². The molecule has 1 aliphatic heterocycles. The molecule has 1 saturated heterocycles. The van der Waals surface area contributed by atoms with Crippen LogP contribution in [-0.4, -0.2) is 38.1 Å². The minimum Gasteiger partial charge on any atom is -0.358 e. The Labute approximate surface area is 174 Å². The molecular formula is C21H25N5O2S. The summed E-state index contributed by atoms with van der Waals surface area (Å²) < 4.78 is 8.07. The van der Waals surface area contributed by atoms with E-state index in [0.717, 1.165) is 53.7 Å². The number of carbonyl (C=O) groups excluding carboxylic acids is 1. The second-order valence-corrected chi connectivity index (χ2v) is 8.14. The number of thiazole rings is 1. The Balaban J connectivity index is 1.75. The quantitative estimate of drug-likeness (QED) is 0.657. The molecule has 0 aromatic carbocycles. The van der Waals surface area contributed by atoms with E-state index in [2.05, 4.69) is 26.8 Å². The van der Waals surface area contributed by atoms with E-state index in [1.807, 2.05) is 25.3 Å². The normalized spacial score (nSPS) is 17.4. The molecule has 3 aromatic heterocycles. The van der Waals surface area contributed by atoms with Gasteiger partial charge in [-0.2, -0.15) is 0 Å². The van der Waals surface area contributed by atoms with E-state index in [-0.39, 0.29) is 18.2 Å². The first kappa shape index (κ1) is 19.7. The van der Waals surface area contributed by atoms with Gasteiger partial charge >= 0.3 is 0 Å². The highest BCUT2D eigenvalue weighted by Gasteiger charge is 2.27. The van der Waals surface area contributed by atoms with Gasteiger partial charge < -0.3 is 14.6 Å². The Morgan fingerprint density at radius 3 is 2.97 bits per heavy atom. The molecule has 4 rings (SSSR count). The van der Waals surface area contributed by atoms with Gasteiger partial charge in [-0.15, -0.1) is 11.3 Å². The van der Waals surface area contributed by atoms with E-state index in [4.69, 9.17) is 9.72 Å². The van der Waals surface area contributed by atoms with Gasteiger partial charge in [0.2, 0.25) is 0 Å². The van der Waals surface area contributed by atoms with Crippen LogP contribution < -0.4 is 5.32 Å². The SMILES string of the molecule is CCC(C)NC(=O)c1cc(-c2csc(-c3cnccn3)n2)n(C2CCCO2)c1C. The van der Waals surface area contributed by atoms with Crippen molar-refractivity contribution in [1.82, 2.24) is 24.8 Å². The summed E-state index contributed by atoms with van der Waals surface area (Å²) in [7, 11) is 0. The van der Waals surface area contributed by atoms with Crippen molar-refractivity contribution in [2.45, 2.75) is 52.3 Å². The van der Waals surface area contributed by atoms with E-state index >= 15 is 0 Å². The number of amides is 1. The van der Waals surface area contributed by atoms with Crippen LogP contribution in [0.1, 0.15) is 55.4 Å². The summed E-state index contributed by atoms with van der Waals surface area (Å²) in [5, 5.41) is 5.87. The third-order valence-electron chi connectivity index (χ3n) is 5.27. The fraction of sp³-hybridized carbons (Fsp3) is 0.429. The predicted octanol–water partition coefficient (Wildman–Crippen LogP) is 4.21. The maximum absolute atomic E-state index is 12.9. The topological polar surface area (TPSA) is 81.9 Å². The second-order valence-electron chi connectivity index (χ2n) is 7.28. The zero-order chi connectivity index (χ0) is 20.4. The molecule has 1 aliphatic rings. The first-order valence-corrected chi connectivity index (χ1v) is 10.8. The molecule has 8 heteroatoms. The highest BCUT2D eigenvalue weighted by molar-refractivity contribution is 7.13. The van der Waals surface area contributed by atoms with Crippen molar-refractivity contribution >= 4 is 17.2 Å². The molecule has 2 unspecified atom stereocenters. The Morgan fingerprint density at radius 2 is 2.28 bits per heavy atom. The monoisotopic (exact) mass is 411 g/mol. The first-order chi connectivity index (χ1) is 14.1. The molecule has 1 fully saturated rings. The number of ether oxygens (including phenoxy) is 1. The van der Waals surface area contributed by atoms with Crippen molar-refractivity contribution < 1.29 is 9.53 Å². The summed E-state index contributed by atoms with van der Waals surface area (Å²) in [5.41, 5.74) is 4.03. The van der Waals surface area contributed by atoms with Gasteiger partial charge in [-0.3, -0.25) is 14.8 Å². The van der Waals surface area contributed by atoms with Gasteiger partial charge in [-0.1, -0.05) is 6.92 Å². The van der Waals surface area contributed by atoms with Gasteiger partial charge in [0, 0.05) is 36.1 Å². The van der Waals surface area contributed by atoms with Crippen LogP contribution in [0, 0.1) is 6.92 Å². The van der Waals surface area contributed by atoms with E-state index < -0.39 is 0 Å². The van der Waals surface area contributed by atoms with E-state index in [9.17, 15) is 4.79 Å².